The van der Waals surface area contributed by atoms with Gasteiger partial charge < -0.3 is 0 Å². The monoisotopic (exact) mass is 166 g/mol. The van der Waals surface area contributed by atoms with Crippen LogP contribution < -0.4 is 0 Å². The SMILES string of the molecule is CCC1CCCc2sccc21. The van der Waals surface area contributed by atoms with Crippen LogP contribution in [0.4, 0.5) is 0 Å². The van der Waals surface area contributed by atoms with Gasteiger partial charge in [0.15, 0.2) is 0 Å². The smallest absolute Gasteiger partial charge is 0.00800 e. The molecular formula is C10H14S. The summed E-state index contributed by atoms with van der Waals surface area (Å²) in [6.45, 7) is 2.30. The van der Waals surface area contributed by atoms with Crippen LogP contribution in [-0.4, -0.2) is 0 Å². The van der Waals surface area contributed by atoms with Crippen LogP contribution >= 0.6 is 11.3 Å². The number of aryl methyl sites for hydroxylation is 1. The predicted octanol–water partition coefficient (Wildman–Crippen LogP) is 3.58. The van der Waals surface area contributed by atoms with Crippen LogP contribution in [0.15, 0.2) is 11.4 Å². The van der Waals surface area contributed by atoms with Crippen molar-refractivity contribution >= 4 is 11.3 Å². The first-order chi connectivity index (χ1) is 5.42. The van der Waals surface area contributed by atoms with Gasteiger partial charge in [0.25, 0.3) is 0 Å². The van der Waals surface area contributed by atoms with Gasteiger partial charge in [0, 0.05) is 4.88 Å². The fraction of sp³-hybridized carbons (Fsp3) is 0.600. The highest BCUT2D eigenvalue weighted by Gasteiger charge is 2.18. The molecule has 0 radical (unpaired) electrons. The molecule has 0 saturated heterocycles. The maximum atomic E-state index is 2.33. The zero-order chi connectivity index (χ0) is 7.68. The Hall–Kier alpha value is -0.300. The lowest BCUT2D eigenvalue weighted by Gasteiger charge is -2.20. The topological polar surface area (TPSA) is 0 Å². The summed E-state index contributed by atoms with van der Waals surface area (Å²) >= 11 is 1.94. The van der Waals surface area contributed by atoms with E-state index in [0.717, 1.165) is 5.92 Å². The summed E-state index contributed by atoms with van der Waals surface area (Å²) in [4.78, 5) is 1.66. The molecule has 0 amide bonds. The molecule has 0 fully saturated rings. The van der Waals surface area contributed by atoms with E-state index in [9.17, 15) is 0 Å². The van der Waals surface area contributed by atoms with Crippen LogP contribution in [0.1, 0.15) is 42.5 Å². The lowest BCUT2D eigenvalue weighted by atomic mass is 9.86. The third-order valence-electron chi connectivity index (χ3n) is 2.67. The minimum absolute atomic E-state index is 0.880. The zero-order valence-corrected chi connectivity index (χ0v) is 7.79. The first-order valence-corrected chi connectivity index (χ1v) is 5.36. The second-order valence-electron chi connectivity index (χ2n) is 3.30. The van der Waals surface area contributed by atoms with E-state index < -0.39 is 0 Å². The molecule has 1 heteroatoms. The van der Waals surface area contributed by atoms with Crippen molar-refractivity contribution in [2.75, 3.05) is 0 Å². The molecule has 0 spiro atoms. The van der Waals surface area contributed by atoms with Crippen molar-refractivity contribution in [3.8, 4) is 0 Å². The zero-order valence-electron chi connectivity index (χ0n) is 6.97. The van der Waals surface area contributed by atoms with Crippen LogP contribution in [-0.2, 0) is 6.42 Å². The molecule has 1 aromatic rings. The summed E-state index contributed by atoms with van der Waals surface area (Å²) in [5.41, 5.74) is 1.66. The van der Waals surface area contributed by atoms with Crippen molar-refractivity contribution in [2.45, 2.75) is 38.5 Å². The third-order valence-corrected chi connectivity index (χ3v) is 3.67. The molecule has 2 rings (SSSR count). The maximum Gasteiger partial charge on any atom is 0.00800 e. The molecule has 1 aliphatic rings. The highest BCUT2D eigenvalue weighted by atomic mass is 32.1. The van der Waals surface area contributed by atoms with Gasteiger partial charge in [-0.25, -0.2) is 0 Å². The highest BCUT2D eigenvalue weighted by molar-refractivity contribution is 7.10. The van der Waals surface area contributed by atoms with Gasteiger partial charge in [-0.3, -0.25) is 0 Å². The Labute approximate surface area is 72.3 Å². The third kappa shape index (κ3) is 1.22. The van der Waals surface area contributed by atoms with Gasteiger partial charge in [-0.2, -0.15) is 0 Å². The van der Waals surface area contributed by atoms with E-state index in [4.69, 9.17) is 0 Å². The van der Waals surface area contributed by atoms with Crippen LogP contribution in [0.25, 0.3) is 0 Å². The molecule has 11 heavy (non-hydrogen) atoms. The molecule has 0 saturated carbocycles. The summed E-state index contributed by atoms with van der Waals surface area (Å²) in [6, 6.07) is 2.33. The van der Waals surface area contributed by atoms with E-state index >= 15 is 0 Å². The lowest BCUT2D eigenvalue weighted by molar-refractivity contribution is 0.546. The number of hydrogen-bond donors (Lipinski definition) is 0. The molecule has 0 aromatic carbocycles. The number of rotatable bonds is 1. The van der Waals surface area contributed by atoms with E-state index in [1.807, 2.05) is 11.3 Å². The molecule has 0 nitrogen and oxygen atoms in total. The maximum absolute atomic E-state index is 2.33. The Balaban J connectivity index is 2.32. The Kier molecular flexibility index (Phi) is 1.99. The molecule has 0 bridgehead atoms. The van der Waals surface area contributed by atoms with Crippen LogP contribution in [0.5, 0.6) is 0 Å². The summed E-state index contributed by atoms with van der Waals surface area (Å²) in [6.07, 6.45) is 5.49. The molecule has 60 valence electrons. The van der Waals surface area contributed by atoms with Gasteiger partial charge in [0.2, 0.25) is 0 Å². The van der Waals surface area contributed by atoms with E-state index in [1.54, 1.807) is 10.4 Å². The van der Waals surface area contributed by atoms with Crippen molar-refractivity contribution in [2.24, 2.45) is 0 Å². The minimum Gasteiger partial charge on any atom is -0.149 e. The standard InChI is InChI=1S/C10H14S/c1-2-8-4-3-5-10-9(8)6-7-11-10/h6-8H,2-5H2,1H3. The quantitative estimate of drug-likeness (QED) is 0.598. The molecule has 0 aliphatic heterocycles. The Morgan fingerprint density at radius 1 is 1.64 bits per heavy atom. The molecule has 1 aliphatic carbocycles. The Bertz CT molecular complexity index is 237. The van der Waals surface area contributed by atoms with Crippen molar-refractivity contribution in [3.05, 3.63) is 21.9 Å². The summed E-state index contributed by atoms with van der Waals surface area (Å²) in [7, 11) is 0. The normalized spacial score (nSPS) is 23.2. The average Bonchev–Trinajstić information content (AvgIpc) is 2.50. The van der Waals surface area contributed by atoms with E-state index in [1.165, 1.54) is 25.7 Å². The predicted molar refractivity (Wildman–Crippen MR) is 50.3 cm³/mol. The van der Waals surface area contributed by atoms with Gasteiger partial charge in [0.05, 0.1) is 0 Å². The molecule has 1 aromatic heterocycles. The van der Waals surface area contributed by atoms with Gasteiger partial charge >= 0.3 is 0 Å². The average molecular weight is 166 g/mol. The number of fused-ring (bicyclic) bond motifs is 1. The number of thiophene rings is 1. The van der Waals surface area contributed by atoms with Gasteiger partial charge in [-0.1, -0.05) is 6.92 Å². The Morgan fingerprint density at radius 2 is 2.55 bits per heavy atom. The van der Waals surface area contributed by atoms with Crippen LogP contribution in [0.2, 0.25) is 0 Å². The van der Waals surface area contributed by atoms with Crippen molar-refractivity contribution in [3.63, 3.8) is 0 Å². The lowest BCUT2D eigenvalue weighted by Crippen LogP contribution is -2.05. The van der Waals surface area contributed by atoms with Gasteiger partial charge in [-0.05, 0) is 48.6 Å². The summed E-state index contributed by atoms with van der Waals surface area (Å²) in [5.74, 6) is 0.880. The van der Waals surface area contributed by atoms with E-state index in [2.05, 4.69) is 18.4 Å². The fourth-order valence-corrected chi connectivity index (χ4v) is 3.02. The largest absolute Gasteiger partial charge is 0.149 e. The fourth-order valence-electron chi connectivity index (χ4n) is 2.01. The second-order valence-corrected chi connectivity index (χ2v) is 4.30. The van der Waals surface area contributed by atoms with Gasteiger partial charge in [0.1, 0.15) is 0 Å². The first kappa shape index (κ1) is 7.35. The summed E-state index contributed by atoms with van der Waals surface area (Å²) in [5, 5.41) is 2.25. The summed E-state index contributed by atoms with van der Waals surface area (Å²) < 4.78 is 0. The number of hydrogen-bond acceptors (Lipinski definition) is 1. The molecule has 1 atom stereocenters. The van der Waals surface area contributed by atoms with Crippen molar-refractivity contribution < 1.29 is 0 Å². The van der Waals surface area contributed by atoms with Gasteiger partial charge in [-0.15, -0.1) is 11.3 Å². The minimum atomic E-state index is 0.880. The highest BCUT2D eigenvalue weighted by Crippen LogP contribution is 2.36. The Morgan fingerprint density at radius 3 is 3.36 bits per heavy atom. The van der Waals surface area contributed by atoms with Crippen molar-refractivity contribution in [1.82, 2.24) is 0 Å². The van der Waals surface area contributed by atoms with Crippen LogP contribution in [0.3, 0.4) is 0 Å². The van der Waals surface area contributed by atoms with E-state index in [0.29, 0.717) is 0 Å². The first-order valence-electron chi connectivity index (χ1n) is 4.48. The molecule has 1 heterocycles. The second kappa shape index (κ2) is 2.98. The van der Waals surface area contributed by atoms with Crippen LogP contribution in [0, 0.1) is 0 Å². The van der Waals surface area contributed by atoms with Crippen molar-refractivity contribution in [1.29, 1.82) is 0 Å². The molecule has 1 unspecified atom stereocenters. The van der Waals surface area contributed by atoms with E-state index in [-0.39, 0.29) is 0 Å². The molecular weight excluding hydrogens is 152 g/mol. The molecule has 0 N–H and O–H groups in total.